The van der Waals surface area contributed by atoms with Gasteiger partial charge in [0.1, 0.15) is 0 Å². The maximum atomic E-state index is 2.56. The van der Waals surface area contributed by atoms with Crippen LogP contribution in [0.2, 0.25) is 3.67 Å². The zero-order valence-electron chi connectivity index (χ0n) is 19.9. The van der Waals surface area contributed by atoms with Gasteiger partial charge in [0.2, 0.25) is 0 Å². The zero-order valence-corrected chi connectivity index (χ0v) is 23.5. The Balaban J connectivity index is 1.99. The van der Waals surface area contributed by atoms with Crippen molar-refractivity contribution in [3.8, 4) is 11.1 Å². The predicted octanol–water partition coefficient (Wildman–Crippen LogP) is 8.10. The van der Waals surface area contributed by atoms with Gasteiger partial charge >= 0.3 is 192 Å². The van der Waals surface area contributed by atoms with Gasteiger partial charge in [-0.1, -0.05) is 0 Å². The molecule has 0 aromatic heterocycles. The molecule has 0 unspecified atom stereocenters. The van der Waals surface area contributed by atoms with Crippen LogP contribution in [0.25, 0.3) is 11.1 Å². The second kappa shape index (κ2) is 7.66. The van der Waals surface area contributed by atoms with E-state index in [4.69, 9.17) is 0 Å². The Bertz CT molecular complexity index is 1000. The summed E-state index contributed by atoms with van der Waals surface area (Å²) in [7, 11) is 0. The van der Waals surface area contributed by atoms with E-state index in [1.807, 2.05) is 0 Å². The standard InChI is InChI=1S/C21H25.C5H5.C3H6.Hf/c1-20(2,3)16-7-9-18-14(12-16)11-15-13-17(21(4,5)6)8-10-19(15)18;1-2-4-5-3-1;1-3-2;/h7-13H,1-6H3;1-5H;1-2H3;. The van der Waals surface area contributed by atoms with Gasteiger partial charge in [0.05, 0.1) is 0 Å². The van der Waals surface area contributed by atoms with E-state index in [1.54, 1.807) is 14.4 Å². The van der Waals surface area contributed by atoms with Crippen LogP contribution in [0.4, 0.5) is 0 Å². The average molecular weight is 563 g/mol. The van der Waals surface area contributed by atoms with E-state index in [9.17, 15) is 0 Å². The van der Waals surface area contributed by atoms with Crippen molar-refractivity contribution < 1.29 is 21.0 Å². The van der Waals surface area contributed by atoms with Crippen LogP contribution >= 0.6 is 0 Å². The molecule has 0 saturated carbocycles. The first-order chi connectivity index (χ1) is 14.0. The van der Waals surface area contributed by atoms with Crippen LogP contribution < -0.4 is 0 Å². The van der Waals surface area contributed by atoms with Crippen molar-refractivity contribution in [1.82, 2.24) is 0 Å². The summed E-state index contributed by atoms with van der Waals surface area (Å²) in [6, 6.07) is 14.7. The van der Waals surface area contributed by atoms with E-state index in [-0.39, 0.29) is 10.8 Å². The molecule has 0 saturated heterocycles. The fourth-order valence-electron chi connectivity index (χ4n) is 4.98. The first-order valence-electron chi connectivity index (χ1n) is 11.3. The molecule has 2 aliphatic rings. The first-order valence-corrected chi connectivity index (χ1v) is 17.2. The van der Waals surface area contributed by atoms with E-state index in [1.165, 1.54) is 22.3 Å². The van der Waals surface area contributed by atoms with Crippen LogP contribution in [-0.2, 0) is 31.8 Å². The van der Waals surface area contributed by atoms with Crippen LogP contribution in [0.5, 0.6) is 0 Å². The number of benzene rings is 2. The van der Waals surface area contributed by atoms with Crippen molar-refractivity contribution in [2.45, 2.75) is 73.6 Å². The van der Waals surface area contributed by atoms with Crippen molar-refractivity contribution in [3.63, 3.8) is 0 Å². The van der Waals surface area contributed by atoms with Gasteiger partial charge in [-0.15, -0.1) is 0 Å². The summed E-state index contributed by atoms with van der Waals surface area (Å²) in [5.74, 6) is 0. The number of hydrogen-bond donors (Lipinski definition) is 0. The Morgan fingerprint density at radius 2 is 1.13 bits per heavy atom. The Morgan fingerprint density at radius 1 is 0.700 bits per heavy atom. The van der Waals surface area contributed by atoms with Gasteiger partial charge in [-0.25, -0.2) is 0 Å². The minimum atomic E-state index is -2.24. The molecule has 0 atom stereocenters. The van der Waals surface area contributed by atoms with Crippen molar-refractivity contribution >= 4 is 3.26 Å². The Kier molecular flexibility index (Phi) is 5.59. The molecule has 0 heterocycles. The molecule has 0 N–H and O–H groups in total. The number of rotatable bonds is 2. The summed E-state index contributed by atoms with van der Waals surface area (Å²) < 4.78 is 3.03. The zero-order chi connectivity index (χ0) is 21.8. The number of hydrogen-bond acceptors (Lipinski definition) is 0. The van der Waals surface area contributed by atoms with Crippen LogP contribution in [-0.4, -0.2) is 3.26 Å². The summed E-state index contributed by atoms with van der Waals surface area (Å²) >= 11 is -2.24. The molecule has 156 valence electrons. The third-order valence-electron chi connectivity index (χ3n) is 6.74. The average Bonchev–Trinajstić information content (AvgIpc) is 3.27. The molecular weight excluding hydrogens is 527 g/mol. The molecule has 0 spiro atoms. The molecule has 0 bridgehead atoms. The molecule has 0 amide bonds. The fraction of sp³-hybridized carbons (Fsp3) is 0.414. The summed E-state index contributed by atoms with van der Waals surface area (Å²) in [6.07, 6.45) is 9.50. The Labute approximate surface area is 191 Å². The normalized spacial score (nSPS) is 16.1. The van der Waals surface area contributed by atoms with Crippen LogP contribution in [0.1, 0.15) is 81.3 Å². The molecule has 2 aliphatic carbocycles. The third-order valence-corrected chi connectivity index (χ3v) is 19.3. The monoisotopic (exact) mass is 564 g/mol. The third kappa shape index (κ3) is 3.83. The van der Waals surface area contributed by atoms with E-state index < -0.39 is 21.0 Å². The molecule has 0 nitrogen and oxygen atoms in total. The molecule has 4 rings (SSSR count). The molecule has 2 aromatic carbocycles. The van der Waals surface area contributed by atoms with E-state index in [0.717, 1.165) is 0 Å². The van der Waals surface area contributed by atoms with Crippen LogP contribution in [0.15, 0.2) is 60.7 Å². The maximum absolute atomic E-state index is 2.56. The van der Waals surface area contributed by atoms with Gasteiger partial charge in [0.25, 0.3) is 0 Å². The van der Waals surface area contributed by atoms with E-state index >= 15 is 0 Å². The van der Waals surface area contributed by atoms with Crippen molar-refractivity contribution in [3.05, 3.63) is 83.0 Å². The van der Waals surface area contributed by atoms with Crippen LogP contribution in [0.3, 0.4) is 0 Å². The molecule has 2 aromatic rings. The van der Waals surface area contributed by atoms with Crippen LogP contribution in [0, 0.1) is 0 Å². The van der Waals surface area contributed by atoms with Gasteiger partial charge in [0, 0.05) is 0 Å². The number of fused-ring (bicyclic) bond motifs is 3. The van der Waals surface area contributed by atoms with Crippen molar-refractivity contribution in [2.24, 2.45) is 0 Å². The molecule has 30 heavy (non-hydrogen) atoms. The van der Waals surface area contributed by atoms with Crippen molar-refractivity contribution in [1.29, 1.82) is 0 Å². The fourth-order valence-corrected chi connectivity index (χ4v) is 17.2. The summed E-state index contributed by atoms with van der Waals surface area (Å²) in [5.41, 5.74) is 9.47. The van der Waals surface area contributed by atoms with Gasteiger partial charge < -0.3 is 0 Å². The molecule has 1 heteroatoms. The second-order valence-electron chi connectivity index (χ2n) is 11.3. The number of allylic oxidation sites excluding steroid dienone is 4. The molecule has 0 radical (unpaired) electrons. The van der Waals surface area contributed by atoms with E-state index in [2.05, 4.69) is 116 Å². The predicted molar refractivity (Wildman–Crippen MR) is 130 cm³/mol. The summed E-state index contributed by atoms with van der Waals surface area (Å²) in [4.78, 5) is 0. The van der Waals surface area contributed by atoms with Gasteiger partial charge in [-0.05, 0) is 0 Å². The molecule has 0 fully saturated rings. The first kappa shape index (κ1) is 21.9. The van der Waals surface area contributed by atoms with Gasteiger partial charge in [0.15, 0.2) is 0 Å². The minimum absolute atomic E-state index is 0.175. The second-order valence-corrected chi connectivity index (χ2v) is 22.6. The molecular formula is C29H36Hf. The van der Waals surface area contributed by atoms with E-state index in [0.29, 0.717) is 7.35 Å². The SMILES string of the molecule is C[C](C)=[Hf]([CH]1C=CC=C1)[CH]1c2cc(C(C)(C)C)ccc2-c2ccc(C(C)(C)C)cc21. The summed E-state index contributed by atoms with van der Waals surface area (Å²) in [6.45, 7) is 18.9. The Morgan fingerprint density at radius 3 is 1.50 bits per heavy atom. The molecule has 0 aliphatic heterocycles. The topological polar surface area (TPSA) is 0 Å². The quantitative estimate of drug-likeness (QED) is 0.324. The van der Waals surface area contributed by atoms with Gasteiger partial charge in [-0.3, -0.25) is 0 Å². The van der Waals surface area contributed by atoms with Crippen molar-refractivity contribution in [2.75, 3.05) is 0 Å². The Hall–Kier alpha value is -1.34. The van der Waals surface area contributed by atoms with Gasteiger partial charge in [-0.2, -0.15) is 0 Å². The summed E-state index contributed by atoms with van der Waals surface area (Å²) in [5, 5.41) is 0.